The van der Waals surface area contributed by atoms with Crippen LogP contribution in [0.5, 0.6) is 0 Å². The highest BCUT2D eigenvalue weighted by Crippen LogP contribution is 2.43. The van der Waals surface area contributed by atoms with Crippen molar-refractivity contribution in [1.82, 2.24) is 4.57 Å². The maximum Gasteiger partial charge on any atom is 0.197 e. The Morgan fingerprint density at radius 2 is 1.73 bits per heavy atom. The van der Waals surface area contributed by atoms with Crippen LogP contribution < -0.4 is 0 Å². The molecule has 2 heterocycles. The lowest BCUT2D eigenvalue weighted by Crippen LogP contribution is -2.11. The number of para-hydroxylation sites is 1. The fourth-order valence-electron chi connectivity index (χ4n) is 2.72. The zero-order chi connectivity index (χ0) is 15.1. The number of thioether (sulfide) groups is 1. The van der Waals surface area contributed by atoms with Crippen LogP contribution in [0.2, 0.25) is 5.02 Å². The first-order valence-electron chi connectivity index (χ1n) is 6.97. The molecule has 0 bridgehead atoms. The summed E-state index contributed by atoms with van der Waals surface area (Å²) in [5.74, 6) is 0.119. The van der Waals surface area contributed by atoms with E-state index in [1.165, 1.54) is 0 Å². The smallest absolute Gasteiger partial charge is 0.197 e. The van der Waals surface area contributed by atoms with Crippen molar-refractivity contribution in [1.29, 1.82) is 0 Å². The Balaban J connectivity index is 1.90. The average Bonchev–Trinajstić information content (AvgIpc) is 2.99. The van der Waals surface area contributed by atoms with Gasteiger partial charge in [0.25, 0.3) is 0 Å². The van der Waals surface area contributed by atoms with Gasteiger partial charge in [-0.1, -0.05) is 35.9 Å². The first kappa shape index (κ1) is 13.7. The molecule has 0 aliphatic carbocycles. The van der Waals surface area contributed by atoms with Gasteiger partial charge in [-0.15, -0.1) is 11.8 Å². The zero-order valence-electron chi connectivity index (χ0n) is 11.6. The van der Waals surface area contributed by atoms with Crippen LogP contribution >= 0.6 is 23.4 Å². The highest BCUT2D eigenvalue weighted by Gasteiger charge is 2.30. The summed E-state index contributed by atoms with van der Waals surface area (Å²) >= 11 is 7.56. The highest BCUT2D eigenvalue weighted by molar-refractivity contribution is 8.00. The Labute approximate surface area is 137 Å². The van der Waals surface area contributed by atoms with E-state index < -0.39 is 0 Å². The fourth-order valence-corrected chi connectivity index (χ4v) is 4.06. The molecule has 2 nitrogen and oxygen atoms in total. The fraction of sp³-hybridized carbons (Fsp3) is 0.0556. The van der Waals surface area contributed by atoms with Gasteiger partial charge in [-0.3, -0.25) is 4.79 Å². The Morgan fingerprint density at radius 1 is 0.955 bits per heavy atom. The van der Waals surface area contributed by atoms with E-state index in [1.54, 1.807) is 11.8 Å². The van der Waals surface area contributed by atoms with Crippen LogP contribution in [0.1, 0.15) is 21.3 Å². The van der Waals surface area contributed by atoms with E-state index in [4.69, 9.17) is 11.6 Å². The summed E-state index contributed by atoms with van der Waals surface area (Å²) in [6, 6.07) is 19.4. The number of fused-ring (bicyclic) bond motifs is 3. The number of nitrogens with zero attached hydrogens (tertiary/aromatic N) is 1. The van der Waals surface area contributed by atoms with E-state index in [9.17, 15) is 4.79 Å². The van der Waals surface area contributed by atoms with Crippen molar-refractivity contribution in [2.24, 2.45) is 0 Å². The zero-order valence-corrected chi connectivity index (χ0v) is 13.1. The van der Waals surface area contributed by atoms with Crippen LogP contribution in [-0.4, -0.2) is 10.4 Å². The largest absolute Gasteiger partial charge is 0.313 e. The second-order valence-corrected chi connectivity index (χ2v) is 6.73. The molecule has 0 amide bonds. The summed E-state index contributed by atoms with van der Waals surface area (Å²) in [4.78, 5) is 14.1. The van der Waals surface area contributed by atoms with Gasteiger partial charge in [-0.2, -0.15) is 0 Å². The number of halogens is 1. The molecular weight excluding hydrogens is 314 g/mol. The van der Waals surface area contributed by atoms with Gasteiger partial charge < -0.3 is 4.57 Å². The van der Waals surface area contributed by atoms with Gasteiger partial charge >= 0.3 is 0 Å². The van der Waals surface area contributed by atoms with E-state index in [0.717, 1.165) is 21.8 Å². The van der Waals surface area contributed by atoms with Gasteiger partial charge in [0.05, 0.1) is 16.6 Å². The van der Waals surface area contributed by atoms with Gasteiger partial charge in [0.2, 0.25) is 0 Å². The van der Waals surface area contributed by atoms with Crippen molar-refractivity contribution < 1.29 is 4.79 Å². The summed E-state index contributed by atoms with van der Waals surface area (Å²) in [6.45, 7) is 0. The molecule has 0 unspecified atom stereocenters. The molecule has 0 fully saturated rings. The van der Waals surface area contributed by atoms with E-state index in [0.29, 0.717) is 5.02 Å². The number of aromatic nitrogens is 1. The minimum atomic E-state index is -0.255. The van der Waals surface area contributed by atoms with Crippen molar-refractivity contribution in [2.45, 2.75) is 10.1 Å². The van der Waals surface area contributed by atoms with Crippen LogP contribution in [0.4, 0.5) is 0 Å². The lowest BCUT2D eigenvalue weighted by Gasteiger charge is -2.13. The third-order valence-corrected chi connectivity index (χ3v) is 5.35. The molecule has 0 saturated heterocycles. The molecule has 4 heteroatoms. The molecule has 0 N–H and O–H groups in total. The van der Waals surface area contributed by atoms with Crippen molar-refractivity contribution >= 4 is 29.1 Å². The second-order valence-electron chi connectivity index (χ2n) is 5.14. The van der Waals surface area contributed by atoms with Crippen LogP contribution in [0, 0.1) is 0 Å². The molecule has 1 aromatic heterocycles. The standard InChI is InChI=1S/C18H12ClNOS/c19-13-9-7-12(8-10-13)18-17(21)15-5-3-11-20(15)14-4-1-2-6-16(14)22-18/h1-11,18H/t18-/m0/s1. The van der Waals surface area contributed by atoms with E-state index in [1.807, 2.05) is 65.4 Å². The number of hydrogen-bond acceptors (Lipinski definition) is 2. The number of carbonyl (C=O) groups excluding carboxylic acids is 1. The Bertz CT molecular complexity index is 854. The monoisotopic (exact) mass is 325 g/mol. The summed E-state index contributed by atoms with van der Waals surface area (Å²) in [7, 11) is 0. The molecule has 2 aromatic carbocycles. The van der Waals surface area contributed by atoms with Crippen LogP contribution in [0.3, 0.4) is 0 Å². The summed E-state index contributed by atoms with van der Waals surface area (Å²) in [5, 5.41) is 0.424. The van der Waals surface area contributed by atoms with Crippen LogP contribution in [0.15, 0.2) is 71.8 Å². The van der Waals surface area contributed by atoms with Crippen molar-refractivity contribution in [3.63, 3.8) is 0 Å². The van der Waals surface area contributed by atoms with Crippen molar-refractivity contribution in [3.05, 3.63) is 83.1 Å². The first-order valence-corrected chi connectivity index (χ1v) is 8.23. The van der Waals surface area contributed by atoms with Crippen LogP contribution in [-0.2, 0) is 0 Å². The lowest BCUT2D eigenvalue weighted by atomic mass is 10.1. The summed E-state index contributed by atoms with van der Waals surface area (Å²) < 4.78 is 1.97. The Kier molecular flexibility index (Phi) is 3.32. The van der Waals surface area contributed by atoms with Gasteiger partial charge in [-0.25, -0.2) is 0 Å². The van der Waals surface area contributed by atoms with Crippen molar-refractivity contribution in [2.75, 3.05) is 0 Å². The second kappa shape index (κ2) is 5.34. The lowest BCUT2D eigenvalue weighted by molar-refractivity contribution is 0.0984. The average molecular weight is 326 g/mol. The predicted octanol–water partition coefficient (Wildman–Crippen LogP) is 5.16. The molecule has 4 rings (SSSR count). The quantitative estimate of drug-likeness (QED) is 0.616. The van der Waals surface area contributed by atoms with Crippen LogP contribution in [0.25, 0.3) is 5.69 Å². The minimum Gasteiger partial charge on any atom is -0.313 e. The normalized spacial score (nSPS) is 16.8. The third-order valence-electron chi connectivity index (χ3n) is 3.78. The topological polar surface area (TPSA) is 22.0 Å². The number of benzene rings is 2. The molecule has 3 aromatic rings. The SMILES string of the molecule is O=C1c2cccn2-c2ccccc2S[C@H]1c1ccc(Cl)cc1. The van der Waals surface area contributed by atoms with E-state index in [-0.39, 0.29) is 11.0 Å². The molecule has 1 aliphatic heterocycles. The molecule has 0 radical (unpaired) electrons. The highest BCUT2D eigenvalue weighted by atomic mass is 35.5. The third kappa shape index (κ3) is 2.18. The Hall–Kier alpha value is -1.97. The van der Waals surface area contributed by atoms with Gasteiger partial charge in [0, 0.05) is 16.1 Å². The summed E-state index contributed by atoms with van der Waals surface area (Å²) in [6.07, 6.45) is 1.94. The number of hydrogen-bond donors (Lipinski definition) is 0. The summed E-state index contributed by atoms with van der Waals surface area (Å²) in [5.41, 5.74) is 2.75. The molecule has 0 saturated carbocycles. The number of ketones is 1. The molecular formula is C18H12ClNOS. The molecule has 1 atom stereocenters. The number of carbonyl (C=O) groups is 1. The first-order chi connectivity index (χ1) is 10.7. The maximum atomic E-state index is 13.0. The maximum absolute atomic E-state index is 13.0. The molecule has 22 heavy (non-hydrogen) atoms. The molecule has 108 valence electrons. The minimum absolute atomic E-state index is 0.119. The number of Topliss-reactive ketones (excluding diaryl/α,β-unsaturated/α-hetero) is 1. The van der Waals surface area contributed by atoms with E-state index >= 15 is 0 Å². The van der Waals surface area contributed by atoms with Gasteiger partial charge in [0.15, 0.2) is 5.78 Å². The van der Waals surface area contributed by atoms with Gasteiger partial charge in [-0.05, 0) is 42.0 Å². The number of rotatable bonds is 1. The van der Waals surface area contributed by atoms with Gasteiger partial charge in [0.1, 0.15) is 0 Å². The molecule has 1 aliphatic rings. The predicted molar refractivity (Wildman–Crippen MR) is 90.1 cm³/mol. The van der Waals surface area contributed by atoms with E-state index in [2.05, 4.69) is 6.07 Å². The Morgan fingerprint density at radius 3 is 2.55 bits per heavy atom. The molecule has 0 spiro atoms. The van der Waals surface area contributed by atoms with Crippen molar-refractivity contribution in [3.8, 4) is 5.69 Å².